The lowest BCUT2D eigenvalue weighted by Crippen LogP contribution is -2.36. The predicted octanol–water partition coefficient (Wildman–Crippen LogP) is 4.70. The molecule has 164 valence electrons. The standard InChI is InChI=1S/C24H25F3N2O2/c1-23(2,18-4-3-5-19(14-18)24(25,26)27)15-28-21(30)13-8-16-6-9-17(10-7-16)22(31)29-20-11-12-20/h3-10,13-14,20H,11-12,15H2,1-2H3,(H,28,30)(H,29,31)/b13-8+. The van der Waals surface area contributed by atoms with Crippen LogP contribution >= 0.6 is 0 Å². The fraction of sp³-hybridized carbons (Fsp3) is 0.333. The van der Waals surface area contributed by atoms with Gasteiger partial charge in [0.25, 0.3) is 5.91 Å². The molecule has 7 heteroatoms. The summed E-state index contributed by atoms with van der Waals surface area (Å²) < 4.78 is 38.9. The van der Waals surface area contributed by atoms with Crippen molar-refractivity contribution in [2.75, 3.05) is 6.54 Å². The Kier molecular flexibility index (Phi) is 6.53. The van der Waals surface area contributed by atoms with Gasteiger partial charge in [-0.25, -0.2) is 0 Å². The van der Waals surface area contributed by atoms with Crippen molar-refractivity contribution < 1.29 is 22.8 Å². The molecule has 0 atom stereocenters. The molecule has 4 nitrogen and oxygen atoms in total. The molecule has 3 rings (SSSR count). The molecule has 1 aliphatic carbocycles. The first kappa shape index (κ1) is 22.6. The lowest BCUT2D eigenvalue weighted by Gasteiger charge is -2.26. The Labute approximate surface area is 179 Å². The monoisotopic (exact) mass is 430 g/mol. The van der Waals surface area contributed by atoms with Gasteiger partial charge in [-0.1, -0.05) is 44.2 Å². The molecule has 0 heterocycles. The maximum Gasteiger partial charge on any atom is 0.416 e. The van der Waals surface area contributed by atoms with Crippen LogP contribution in [0.2, 0.25) is 0 Å². The molecule has 0 saturated heterocycles. The van der Waals surface area contributed by atoms with Gasteiger partial charge in [-0.15, -0.1) is 0 Å². The van der Waals surface area contributed by atoms with Gasteiger partial charge in [-0.3, -0.25) is 9.59 Å². The summed E-state index contributed by atoms with van der Waals surface area (Å²) in [6.07, 6.45) is 0.612. The Morgan fingerprint density at radius 3 is 2.29 bits per heavy atom. The van der Waals surface area contributed by atoms with E-state index in [2.05, 4.69) is 10.6 Å². The van der Waals surface area contributed by atoms with E-state index in [9.17, 15) is 22.8 Å². The number of hydrogen-bond acceptors (Lipinski definition) is 2. The average molecular weight is 430 g/mol. The Morgan fingerprint density at radius 2 is 1.68 bits per heavy atom. The van der Waals surface area contributed by atoms with E-state index in [4.69, 9.17) is 0 Å². The molecule has 2 amide bonds. The van der Waals surface area contributed by atoms with Crippen LogP contribution in [0.5, 0.6) is 0 Å². The van der Waals surface area contributed by atoms with Gasteiger partial charge in [0.05, 0.1) is 5.56 Å². The highest BCUT2D eigenvalue weighted by Crippen LogP contribution is 2.32. The smallest absolute Gasteiger partial charge is 0.352 e. The van der Waals surface area contributed by atoms with Crippen LogP contribution in [0.3, 0.4) is 0 Å². The molecule has 0 bridgehead atoms. The zero-order chi connectivity index (χ0) is 22.6. The van der Waals surface area contributed by atoms with Crippen LogP contribution in [0.1, 0.15) is 53.7 Å². The van der Waals surface area contributed by atoms with Gasteiger partial charge in [-0.2, -0.15) is 13.2 Å². The van der Waals surface area contributed by atoms with E-state index in [1.807, 2.05) is 0 Å². The van der Waals surface area contributed by atoms with Gasteiger partial charge in [0.2, 0.25) is 5.91 Å². The summed E-state index contributed by atoms with van der Waals surface area (Å²) in [5.74, 6) is -0.455. The first-order chi connectivity index (χ1) is 14.5. The predicted molar refractivity (Wildman–Crippen MR) is 113 cm³/mol. The molecular weight excluding hydrogens is 405 g/mol. The molecule has 0 radical (unpaired) electrons. The molecular formula is C24H25F3N2O2. The van der Waals surface area contributed by atoms with Crippen molar-refractivity contribution in [2.45, 2.75) is 44.3 Å². The number of rotatable bonds is 7. The molecule has 1 fully saturated rings. The minimum Gasteiger partial charge on any atom is -0.352 e. The highest BCUT2D eigenvalue weighted by atomic mass is 19.4. The van der Waals surface area contributed by atoms with Crippen molar-refractivity contribution in [3.05, 3.63) is 76.9 Å². The molecule has 0 aliphatic heterocycles. The lowest BCUT2D eigenvalue weighted by atomic mass is 9.83. The van der Waals surface area contributed by atoms with E-state index in [-0.39, 0.29) is 24.4 Å². The molecule has 0 unspecified atom stereocenters. The molecule has 1 aliphatic rings. The van der Waals surface area contributed by atoms with E-state index < -0.39 is 17.2 Å². The van der Waals surface area contributed by atoms with Crippen molar-refractivity contribution in [1.82, 2.24) is 10.6 Å². The SMILES string of the molecule is CC(C)(CNC(=O)/C=C/c1ccc(C(=O)NC2CC2)cc1)c1cccc(C(F)(F)F)c1. The van der Waals surface area contributed by atoms with Crippen molar-refractivity contribution in [3.63, 3.8) is 0 Å². The van der Waals surface area contributed by atoms with Crippen LogP contribution in [0, 0.1) is 0 Å². The number of nitrogens with one attached hydrogen (secondary N) is 2. The molecule has 2 N–H and O–H groups in total. The van der Waals surface area contributed by atoms with Crippen molar-refractivity contribution in [1.29, 1.82) is 0 Å². The lowest BCUT2D eigenvalue weighted by molar-refractivity contribution is -0.137. The summed E-state index contributed by atoms with van der Waals surface area (Å²) in [6, 6.07) is 12.3. The topological polar surface area (TPSA) is 58.2 Å². The van der Waals surface area contributed by atoms with Gasteiger partial charge >= 0.3 is 6.18 Å². The largest absolute Gasteiger partial charge is 0.416 e. The van der Waals surface area contributed by atoms with E-state index in [0.717, 1.165) is 30.5 Å². The third kappa shape index (κ3) is 6.44. The van der Waals surface area contributed by atoms with Crippen molar-refractivity contribution in [2.24, 2.45) is 0 Å². The maximum atomic E-state index is 13.0. The first-order valence-electron chi connectivity index (χ1n) is 10.1. The summed E-state index contributed by atoms with van der Waals surface area (Å²) in [6.45, 7) is 3.73. The number of halogens is 3. The molecule has 31 heavy (non-hydrogen) atoms. The third-order valence-electron chi connectivity index (χ3n) is 5.19. The van der Waals surface area contributed by atoms with E-state index in [1.54, 1.807) is 50.3 Å². The number of carbonyl (C=O) groups is 2. The van der Waals surface area contributed by atoms with E-state index in [0.29, 0.717) is 11.1 Å². The third-order valence-corrected chi connectivity index (χ3v) is 5.19. The number of carbonyl (C=O) groups excluding carboxylic acids is 2. The molecule has 0 aromatic heterocycles. The summed E-state index contributed by atoms with van der Waals surface area (Å²) in [4.78, 5) is 24.2. The van der Waals surface area contributed by atoms with Crippen LogP contribution in [0.25, 0.3) is 6.08 Å². The molecule has 1 saturated carbocycles. The van der Waals surface area contributed by atoms with Gasteiger partial charge in [0.1, 0.15) is 0 Å². The van der Waals surface area contributed by atoms with Crippen molar-refractivity contribution in [3.8, 4) is 0 Å². The molecule has 2 aromatic carbocycles. The second-order valence-corrected chi connectivity index (χ2v) is 8.38. The summed E-state index contributed by atoms with van der Waals surface area (Å²) >= 11 is 0. The maximum absolute atomic E-state index is 13.0. The minimum absolute atomic E-state index is 0.104. The number of hydrogen-bond donors (Lipinski definition) is 2. The minimum atomic E-state index is -4.41. The van der Waals surface area contributed by atoms with Crippen molar-refractivity contribution >= 4 is 17.9 Å². The highest BCUT2D eigenvalue weighted by molar-refractivity contribution is 5.95. The molecule has 2 aromatic rings. The van der Waals surface area contributed by atoms with Crippen LogP contribution in [0.15, 0.2) is 54.6 Å². The fourth-order valence-corrected chi connectivity index (χ4v) is 3.00. The van der Waals surface area contributed by atoms with Gasteiger partial charge < -0.3 is 10.6 Å². The van der Waals surface area contributed by atoms with Crippen LogP contribution < -0.4 is 10.6 Å². The van der Waals surface area contributed by atoms with E-state index >= 15 is 0 Å². The van der Waals surface area contributed by atoms with Gasteiger partial charge in [0.15, 0.2) is 0 Å². The van der Waals surface area contributed by atoms with Crippen LogP contribution in [-0.4, -0.2) is 24.4 Å². The Morgan fingerprint density at radius 1 is 1.03 bits per heavy atom. The Bertz CT molecular complexity index is 975. The van der Waals surface area contributed by atoms with Crippen LogP contribution in [0.4, 0.5) is 13.2 Å². The second-order valence-electron chi connectivity index (χ2n) is 8.38. The summed E-state index contributed by atoms with van der Waals surface area (Å²) in [7, 11) is 0. The summed E-state index contributed by atoms with van der Waals surface area (Å²) in [5, 5.41) is 5.65. The summed E-state index contributed by atoms with van der Waals surface area (Å²) in [5.41, 5.74) is 0.429. The number of alkyl halides is 3. The van der Waals surface area contributed by atoms with E-state index in [1.165, 1.54) is 12.1 Å². The van der Waals surface area contributed by atoms with Gasteiger partial charge in [-0.05, 0) is 48.2 Å². The average Bonchev–Trinajstić information content (AvgIpc) is 3.54. The number of amides is 2. The quantitative estimate of drug-likeness (QED) is 0.626. The van der Waals surface area contributed by atoms with Gasteiger partial charge in [0, 0.05) is 29.6 Å². The zero-order valence-corrected chi connectivity index (χ0v) is 17.4. The Balaban J connectivity index is 1.55. The highest BCUT2D eigenvalue weighted by Gasteiger charge is 2.32. The Hall–Kier alpha value is -3.09. The normalized spacial score (nSPS) is 14.5. The fourth-order valence-electron chi connectivity index (χ4n) is 3.00. The van der Waals surface area contributed by atoms with Crippen LogP contribution in [-0.2, 0) is 16.4 Å². The second kappa shape index (κ2) is 8.96. The first-order valence-corrected chi connectivity index (χ1v) is 10.1. The zero-order valence-electron chi connectivity index (χ0n) is 17.4. The number of benzene rings is 2. The molecule has 0 spiro atoms.